The zero-order chi connectivity index (χ0) is 11.1. The Balaban J connectivity index is 2.58. The van der Waals surface area contributed by atoms with E-state index in [2.05, 4.69) is 15.3 Å². The third-order valence-electron chi connectivity index (χ3n) is 3.05. The third-order valence-corrected chi connectivity index (χ3v) is 3.05. The fourth-order valence-corrected chi connectivity index (χ4v) is 1.97. The molecule has 6 heteroatoms. The van der Waals surface area contributed by atoms with Gasteiger partial charge in [-0.25, -0.2) is 16.6 Å². The summed E-state index contributed by atoms with van der Waals surface area (Å²) in [6.07, 6.45) is 5.01. The molecule has 6 nitrogen and oxygen atoms in total. The summed E-state index contributed by atoms with van der Waals surface area (Å²) in [4.78, 5) is 0. The summed E-state index contributed by atoms with van der Waals surface area (Å²) in [7, 11) is 0. The normalized spacial score (nSPS) is 33.2. The second kappa shape index (κ2) is 6.31. The van der Waals surface area contributed by atoms with Crippen molar-refractivity contribution in [1.82, 2.24) is 0 Å². The highest BCUT2D eigenvalue weighted by Crippen LogP contribution is 2.23. The Morgan fingerprint density at radius 1 is 0.533 bits per heavy atom. The molecule has 0 unspecified atom stereocenters. The summed E-state index contributed by atoms with van der Waals surface area (Å²) < 4.78 is 0. The molecule has 0 aliphatic heterocycles. The minimum absolute atomic E-state index is 0.0385. The lowest BCUT2D eigenvalue weighted by molar-refractivity contribution is 0.473. The van der Waals surface area contributed by atoms with Crippen LogP contribution in [0, 0.1) is 16.6 Å². The largest absolute Gasteiger partial charge is 0.210 e. The van der Waals surface area contributed by atoms with E-state index in [-0.39, 0.29) is 18.1 Å². The van der Waals surface area contributed by atoms with Crippen LogP contribution in [0.1, 0.15) is 38.5 Å². The van der Waals surface area contributed by atoms with Crippen LogP contribution in [-0.2, 0) is 0 Å². The van der Waals surface area contributed by atoms with Gasteiger partial charge in [0.25, 0.3) is 0 Å². The van der Waals surface area contributed by atoms with Gasteiger partial charge in [0.1, 0.15) is 0 Å². The van der Waals surface area contributed by atoms with Gasteiger partial charge in [-0.15, -0.1) is 0 Å². The maximum Gasteiger partial charge on any atom is 0.0707 e. The molecular formula is C9H18N6. The van der Waals surface area contributed by atoms with Crippen LogP contribution in [0.15, 0.2) is 15.3 Å². The van der Waals surface area contributed by atoms with Crippen LogP contribution < -0.4 is 0 Å². The molecule has 3 N–H and O–H groups in total. The number of rotatable bonds is 3. The lowest BCUT2D eigenvalue weighted by Crippen LogP contribution is -2.08. The molecule has 0 heterocycles. The van der Waals surface area contributed by atoms with Gasteiger partial charge < -0.3 is 0 Å². The van der Waals surface area contributed by atoms with E-state index >= 15 is 0 Å². The van der Waals surface area contributed by atoms with E-state index in [1.165, 1.54) is 0 Å². The molecule has 1 aliphatic carbocycles. The number of hydrogen-bond acceptors (Lipinski definition) is 6. The molecule has 0 radical (unpaired) electrons. The second-order valence-electron chi connectivity index (χ2n) is 4.08. The first kappa shape index (κ1) is 11.9. The van der Waals surface area contributed by atoms with E-state index in [0.29, 0.717) is 0 Å². The second-order valence-corrected chi connectivity index (χ2v) is 4.08. The van der Waals surface area contributed by atoms with Gasteiger partial charge in [0.05, 0.1) is 18.1 Å². The Morgan fingerprint density at radius 3 is 0.867 bits per heavy atom. The van der Waals surface area contributed by atoms with Crippen molar-refractivity contribution in [3.8, 4) is 0 Å². The Morgan fingerprint density at radius 2 is 0.733 bits per heavy atom. The van der Waals surface area contributed by atoms with Crippen LogP contribution in [0.5, 0.6) is 0 Å². The van der Waals surface area contributed by atoms with Gasteiger partial charge in [-0.3, -0.25) is 0 Å². The standard InChI is InChI=1S/C9H18N6/c10-13-7-1-2-8(14-11)5-6-9(15-12)4-3-7/h7-12H,1-6H2. The maximum atomic E-state index is 7.05. The van der Waals surface area contributed by atoms with Crippen molar-refractivity contribution < 1.29 is 0 Å². The van der Waals surface area contributed by atoms with Crippen LogP contribution in [0.25, 0.3) is 0 Å². The summed E-state index contributed by atoms with van der Waals surface area (Å²) in [5, 5.41) is 10.7. The highest BCUT2D eigenvalue weighted by Gasteiger charge is 2.19. The van der Waals surface area contributed by atoms with Gasteiger partial charge in [0.15, 0.2) is 0 Å². The van der Waals surface area contributed by atoms with Gasteiger partial charge in [-0.2, -0.15) is 15.3 Å². The molecular weight excluding hydrogens is 192 g/mol. The van der Waals surface area contributed by atoms with E-state index < -0.39 is 0 Å². The predicted molar refractivity (Wildman–Crippen MR) is 54.5 cm³/mol. The molecule has 0 aromatic carbocycles. The summed E-state index contributed by atoms with van der Waals surface area (Å²) >= 11 is 0. The molecule has 0 bridgehead atoms. The first-order valence-electron chi connectivity index (χ1n) is 5.39. The molecule has 1 rings (SSSR count). The third kappa shape index (κ3) is 3.81. The van der Waals surface area contributed by atoms with Crippen LogP contribution >= 0.6 is 0 Å². The van der Waals surface area contributed by atoms with Crippen LogP contribution in [0.2, 0.25) is 0 Å². The van der Waals surface area contributed by atoms with Crippen LogP contribution in [0.3, 0.4) is 0 Å². The predicted octanol–water partition coefficient (Wildman–Crippen LogP) is 3.54. The zero-order valence-electron chi connectivity index (χ0n) is 8.82. The van der Waals surface area contributed by atoms with Gasteiger partial charge in [0, 0.05) is 0 Å². The van der Waals surface area contributed by atoms with Crippen LogP contribution in [0.4, 0.5) is 0 Å². The molecule has 84 valence electrons. The van der Waals surface area contributed by atoms with Gasteiger partial charge in [0.2, 0.25) is 0 Å². The highest BCUT2D eigenvalue weighted by atomic mass is 15.0. The molecule has 15 heavy (non-hydrogen) atoms. The fraction of sp³-hybridized carbons (Fsp3) is 1.00. The van der Waals surface area contributed by atoms with Crippen molar-refractivity contribution in [2.75, 3.05) is 0 Å². The van der Waals surface area contributed by atoms with Crippen molar-refractivity contribution in [2.45, 2.75) is 56.7 Å². The summed E-state index contributed by atoms with van der Waals surface area (Å²) in [6.45, 7) is 0. The summed E-state index contributed by atoms with van der Waals surface area (Å²) in [5.74, 6) is 0. The van der Waals surface area contributed by atoms with E-state index in [0.717, 1.165) is 38.5 Å². The Bertz CT molecular complexity index is 179. The van der Waals surface area contributed by atoms with E-state index in [4.69, 9.17) is 16.6 Å². The average Bonchev–Trinajstić information content (AvgIpc) is 2.38. The summed E-state index contributed by atoms with van der Waals surface area (Å²) in [6, 6.07) is 0.116. The smallest absolute Gasteiger partial charge is 0.0707 e. The number of hydrogen-bond donors (Lipinski definition) is 3. The van der Waals surface area contributed by atoms with Crippen molar-refractivity contribution >= 4 is 0 Å². The minimum atomic E-state index is 0.0385. The molecule has 1 saturated carbocycles. The van der Waals surface area contributed by atoms with Crippen molar-refractivity contribution in [3.63, 3.8) is 0 Å². The van der Waals surface area contributed by atoms with Crippen molar-refractivity contribution in [1.29, 1.82) is 16.6 Å². The Hall–Kier alpha value is -1.20. The molecule has 0 saturated heterocycles. The highest BCUT2D eigenvalue weighted by molar-refractivity contribution is 4.78. The summed E-state index contributed by atoms with van der Waals surface area (Å²) in [5.41, 5.74) is 21.2. The van der Waals surface area contributed by atoms with E-state index in [9.17, 15) is 0 Å². The van der Waals surface area contributed by atoms with Gasteiger partial charge >= 0.3 is 0 Å². The topological polar surface area (TPSA) is 109 Å². The number of nitrogens with zero attached hydrogens (tertiary/aromatic N) is 3. The quantitative estimate of drug-likeness (QED) is 0.592. The Labute approximate surface area is 89.4 Å². The maximum absolute atomic E-state index is 7.05. The SMILES string of the molecule is N=NC1CCC(N=N)CCC(N=N)CC1. The fourth-order valence-electron chi connectivity index (χ4n) is 1.97. The van der Waals surface area contributed by atoms with Crippen LogP contribution in [-0.4, -0.2) is 18.1 Å². The van der Waals surface area contributed by atoms with Crippen molar-refractivity contribution in [2.24, 2.45) is 15.3 Å². The molecule has 0 aromatic rings. The first-order chi connectivity index (χ1) is 7.30. The lowest BCUT2D eigenvalue weighted by Gasteiger charge is -2.10. The lowest BCUT2D eigenvalue weighted by atomic mass is 10.0. The molecule has 0 aromatic heterocycles. The monoisotopic (exact) mass is 210 g/mol. The van der Waals surface area contributed by atoms with Crippen molar-refractivity contribution in [3.05, 3.63) is 0 Å². The zero-order valence-corrected chi connectivity index (χ0v) is 8.82. The van der Waals surface area contributed by atoms with Gasteiger partial charge in [-0.1, -0.05) is 0 Å². The molecule has 0 atom stereocenters. The molecule has 1 fully saturated rings. The average molecular weight is 210 g/mol. The van der Waals surface area contributed by atoms with Gasteiger partial charge in [-0.05, 0) is 38.5 Å². The molecule has 0 spiro atoms. The Kier molecular flexibility index (Phi) is 5.00. The van der Waals surface area contributed by atoms with E-state index in [1.807, 2.05) is 0 Å². The first-order valence-corrected chi connectivity index (χ1v) is 5.39. The molecule has 0 amide bonds. The number of nitrogens with one attached hydrogen (secondary N) is 3. The minimum Gasteiger partial charge on any atom is -0.210 e. The van der Waals surface area contributed by atoms with E-state index in [1.54, 1.807) is 0 Å². The molecule has 1 aliphatic rings.